The van der Waals surface area contributed by atoms with Gasteiger partial charge in [-0.3, -0.25) is 9.69 Å². The van der Waals surface area contributed by atoms with Crippen LogP contribution in [0, 0.1) is 0 Å². The van der Waals surface area contributed by atoms with Crippen LogP contribution < -0.4 is 5.32 Å². The van der Waals surface area contributed by atoms with E-state index in [0.717, 1.165) is 13.0 Å². The van der Waals surface area contributed by atoms with Crippen molar-refractivity contribution in [3.8, 4) is 0 Å². The lowest BCUT2D eigenvalue weighted by molar-refractivity contribution is -0.120. The summed E-state index contributed by atoms with van der Waals surface area (Å²) in [4.78, 5) is 13.3. The van der Waals surface area contributed by atoms with Crippen LogP contribution in [-0.4, -0.2) is 42.3 Å². The van der Waals surface area contributed by atoms with Crippen molar-refractivity contribution in [2.24, 2.45) is 0 Å². The third-order valence-electron chi connectivity index (χ3n) is 3.32. The Kier molecular flexibility index (Phi) is 2.27. The molecular formula is C10H18N2O2. The van der Waals surface area contributed by atoms with Gasteiger partial charge in [0.2, 0.25) is 5.91 Å². The number of amides is 1. The minimum absolute atomic E-state index is 0.0523. The van der Waals surface area contributed by atoms with E-state index in [4.69, 9.17) is 4.74 Å². The van der Waals surface area contributed by atoms with E-state index >= 15 is 0 Å². The highest BCUT2D eigenvalue weighted by Gasteiger charge is 2.43. The summed E-state index contributed by atoms with van der Waals surface area (Å²) in [5.41, 5.74) is 0.0813. The molecule has 1 amide bonds. The molecular weight excluding hydrogens is 180 g/mol. The largest absolute Gasteiger partial charge is 0.359 e. The molecule has 0 aliphatic carbocycles. The fourth-order valence-electron chi connectivity index (χ4n) is 2.09. The Hall–Kier alpha value is -0.610. The second kappa shape index (κ2) is 3.21. The molecule has 4 heteroatoms. The standard InChI is InChI=1S/C10H18N2O2/c1-10(2)6-14-9(12(10)3)7-4-5-8(13)11-7/h7,9H,4-6H2,1-3H3,(H,11,13). The molecule has 0 aromatic heterocycles. The van der Waals surface area contributed by atoms with Crippen molar-refractivity contribution >= 4 is 5.91 Å². The van der Waals surface area contributed by atoms with Crippen LogP contribution in [-0.2, 0) is 9.53 Å². The van der Waals surface area contributed by atoms with Crippen LogP contribution in [0.5, 0.6) is 0 Å². The van der Waals surface area contributed by atoms with Crippen molar-refractivity contribution < 1.29 is 9.53 Å². The number of hydrogen-bond donors (Lipinski definition) is 1. The van der Waals surface area contributed by atoms with Crippen molar-refractivity contribution in [3.63, 3.8) is 0 Å². The summed E-state index contributed by atoms with van der Waals surface area (Å²) in [7, 11) is 2.06. The summed E-state index contributed by atoms with van der Waals surface area (Å²) in [6, 6.07) is 0.175. The minimum atomic E-state index is 0.0523. The number of rotatable bonds is 1. The summed E-state index contributed by atoms with van der Waals surface area (Å²) >= 11 is 0. The number of nitrogens with one attached hydrogen (secondary N) is 1. The minimum Gasteiger partial charge on any atom is -0.359 e. The molecule has 0 saturated carbocycles. The second-order valence-corrected chi connectivity index (χ2v) is 4.84. The van der Waals surface area contributed by atoms with E-state index in [1.165, 1.54) is 0 Å². The molecule has 2 atom stereocenters. The summed E-state index contributed by atoms with van der Waals surface area (Å²) in [5.74, 6) is 0.150. The number of ether oxygens (including phenoxy) is 1. The zero-order valence-electron chi connectivity index (χ0n) is 9.04. The molecule has 0 aromatic rings. The van der Waals surface area contributed by atoms with Gasteiger partial charge in [-0.2, -0.15) is 0 Å². The van der Waals surface area contributed by atoms with Crippen LogP contribution in [0.25, 0.3) is 0 Å². The maximum atomic E-state index is 11.1. The van der Waals surface area contributed by atoms with E-state index < -0.39 is 0 Å². The fraction of sp³-hybridized carbons (Fsp3) is 0.900. The van der Waals surface area contributed by atoms with Crippen molar-refractivity contribution in [2.75, 3.05) is 13.7 Å². The normalized spacial score (nSPS) is 37.5. The van der Waals surface area contributed by atoms with Crippen LogP contribution in [0.2, 0.25) is 0 Å². The predicted octanol–water partition coefficient (Wildman–Crippen LogP) is 0.332. The third-order valence-corrected chi connectivity index (χ3v) is 3.32. The molecule has 2 unspecified atom stereocenters. The van der Waals surface area contributed by atoms with Crippen molar-refractivity contribution in [1.29, 1.82) is 0 Å². The Balaban J connectivity index is 2.03. The molecule has 80 valence electrons. The van der Waals surface area contributed by atoms with E-state index in [1.54, 1.807) is 0 Å². The average molecular weight is 198 g/mol. The van der Waals surface area contributed by atoms with Crippen LogP contribution in [0.15, 0.2) is 0 Å². The molecule has 14 heavy (non-hydrogen) atoms. The second-order valence-electron chi connectivity index (χ2n) is 4.84. The molecule has 1 N–H and O–H groups in total. The van der Waals surface area contributed by atoms with Crippen LogP contribution >= 0.6 is 0 Å². The molecule has 2 aliphatic heterocycles. The SMILES string of the molecule is CN1C(C2CCC(=O)N2)OCC1(C)C. The average Bonchev–Trinajstić information content (AvgIpc) is 2.60. The van der Waals surface area contributed by atoms with Gasteiger partial charge in [0.25, 0.3) is 0 Å². The molecule has 0 spiro atoms. The number of carbonyl (C=O) groups is 1. The van der Waals surface area contributed by atoms with Gasteiger partial charge >= 0.3 is 0 Å². The summed E-state index contributed by atoms with van der Waals surface area (Å²) in [6.07, 6.45) is 1.58. The summed E-state index contributed by atoms with van der Waals surface area (Å²) < 4.78 is 5.72. The van der Waals surface area contributed by atoms with Crippen molar-refractivity contribution in [2.45, 2.75) is 44.5 Å². The van der Waals surface area contributed by atoms with Gasteiger partial charge in [-0.25, -0.2) is 0 Å². The van der Waals surface area contributed by atoms with Crippen molar-refractivity contribution in [3.05, 3.63) is 0 Å². The number of hydrogen-bond acceptors (Lipinski definition) is 3. The maximum absolute atomic E-state index is 11.1. The Bertz CT molecular complexity index is 253. The van der Waals surface area contributed by atoms with E-state index in [-0.39, 0.29) is 23.7 Å². The first-order valence-corrected chi connectivity index (χ1v) is 5.14. The molecule has 4 nitrogen and oxygen atoms in total. The fourth-order valence-corrected chi connectivity index (χ4v) is 2.09. The molecule has 2 rings (SSSR count). The van der Waals surface area contributed by atoms with E-state index in [2.05, 4.69) is 31.1 Å². The highest BCUT2D eigenvalue weighted by molar-refractivity contribution is 5.78. The highest BCUT2D eigenvalue weighted by atomic mass is 16.5. The smallest absolute Gasteiger partial charge is 0.220 e. The summed E-state index contributed by atoms with van der Waals surface area (Å²) in [5, 5.41) is 2.96. The van der Waals surface area contributed by atoms with Gasteiger partial charge in [-0.05, 0) is 27.3 Å². The molecule has 2 saturated heterocycles. The Morgan fingerprint density at radius 1 is 1.57 bits per heavy atom. The van der Waals surface area contributed by atoms with E-state index in [0.29, 0.717) is 6.42 Å². The van der Waals surface area contributed by atoms with Crippen LogP contribution in [0.3, 0.4) is 0 Å². The lowest BCUT2D eigenvalue weighted by Crippen LogP contribution is -2.49. The monoisotopic (exact) mass is 198 g/mol. The van der Waals surface area contributed by atoms with Crippen LogP contribution in [0.4, 0.5) is 0 Å². The number of carbonyl (C=O) groups excluding carboxylic acids is 1. The quantitative estimate of drug-likeness (QED) is 0.660. The first-order valence-electron chi connectivity index (χ1n) is 5.14. The van der Waals surface area contributed by atoms with Gasteiger partial charge in [-0.1, -0.05) is 0 Å². The third kappa shape index (κ3) is 1.53. The van der Waals surface area contributed by atoms with Gasteiger partial charge in [0, 0.05) is 12.0 Å². The Morgan fingerprint density at radius 3 is 2.71 bits per heavy atom. The van der Waals surface area contributed by atoms with E-state index in [1.807, 2.05) is 0 Å². The zero-order chi connectivity index (χ0) is 10.3. The van der Waals surface area contributed by atoms with Gasteiger partial charge in [-0.15, -0.1) is 0 Å². The zero-order valence-corrected chi connectivity index (χ0v) is 9.04. The summed E-state index contributed by atoms with van der Waals surface area (Å²) in [6.45, 7) is 5.05. The van der Waals surface area contributed by atoms with Gasteiger partial charge in [0.05, 0.1) is 12.6 Å². The van der Waals surface area contributed by atoms with Gasteiger partial charge in [0.15, 0.2) is 0 Å². The van der Waals surface area contributed by atoms with Gasteiger partial charge < -0.3 is 10.1 Å². The van der Waals surface area contributed by atoms with Crippen LogP contribution in [0.1, 0.15) is 26.7 Å². The first kappa shape index (κ1) is 9.93. The lowest BCUT2D eigenvalue weighted by Gasteiger charge is -2.31. The molecule has 2 fully saturated rings. The topological polar surface area (TPSA) is 41.6 Å². The number of likely N-dealkylation sites (N-methyl/N-ethyl adjacent to an activating group) is 1. The molecule has 2 aliphatic rings. The molecule has 0 aromatic carbocycles. The lowest BCUT2D eigenvalue weighted by atomic mass is 10.1. The van der Waals surface area contributed by atoms with Gasteiger partial charge in [0.1, 0.15) is 6.23 Å². The van der Waals surface area contributed by atoms with Crippen molar-refractivity contribution in [1.82, 2.24) is 10.2 Å². The highest BCUT2D eigenvalue weighted by Crippen LogP contribution is 2.29. The molecule has 2 heterocycles. The maximum Gasteiger partial charge on any atom is 0.220 e. The first-order chi connectivity index (χ1) is 6.50. The number of nitrogens with zero attached hydrogens (tertiary/aromatic N) is 1. The molecule has 0 bridgehead atoms. The molecule has 0 radical (unpaired) electrons. The predicted molar refractivity (Wildman–Crippen MR) is 52.7 cm³/mol. The van der Waals surface area contributed by atoms with E-state index in [9.17, 15) is 4.79 Å². The Labute approximate surface area is 84.6 Å². The Morgan fingerprint density at radius 2 is 2.29 bits per heavy atom.